The van der Waals surface area contributed by atoms with Gasteiger partial charge in [-0.25, -0.2) is 4.68 Å². The van der Waals surface area contributed by atoms with E-state index in [1.165, 1.54) is 0 Å². The van der Waals surface area contributed by atoms with Crippen molar-refractivity contribution in [3.8, 4) is 0 Å². The normalized spacial score (nSPS) is 19.8. The minimum absolute atomic E-state index is 0.0242. The van der Waals surface area contributed by atoms with Crippen LogP contribution in [0.15, 0.2) is 18.2 Å². The molecule has 6 nitrogen and oxygen atoms in total. The van der Waals surface area contributed by atoms with Gasteiger partial charge in [0.2, 0.25) is 0 Å². The van der Waals surface area contributed by atoms with E-state index >= 15 is 0 Å². The van der Waals surface area contributed by atoms with E-state index in [4.69, 9.17) is 0 Å². The molecule has 1 amide bonds. The molecule has 118 valence electrons. The van der Waals surface area contributed by atoms with Gasteiger partial charge in [-0.2, -0.15) is 0 Å². The molecule has 1 aliphatic heterocycles. The lowest BCUT2D eigenvalue weighted by molar-refractivity contribution is 0.0682. The van der Waals surface area contributed by atoms with Crippen molar-refractivity contribution in [1.29, 1.82) is 0 Å². The molecule has 1 aliphatic rings. The van der Waals surface area contributed by atoms with Gasteiger partial charge in [0.15, 0.2) is 0 Å². The zero-order valence-electron chi connectivity index (χ0n) is 13.1. The summed E-state index contributed by atoms with van der Waals surface area (Å²) in [5.74, 6) is 0.0242. The number of fused-ring (bicyclic) bond motifs is 1. The van der Waals surface area contributed by atoms with Crippen molar-refractivity contribution < 1.29 is 9.90 Å². The lowest BCUT2D eigenvalue weighted by Gasteiger charge is -2.25. The molecular weight excluding hydrogens is 280 g/mol. The number of hydrogen-bond acceptors (Lipinski definition) is 4. The van der Waals surface area contributed by atoms with Crippen molar-refractivity contribution in [2.75, 3.05) is 6.54 Å². The summed E-state index contributed by atoms with van der Waals surface area (Å²) in [6.07, 6.45) is 2.22. The van der Waals surface area contributed by atoms with E-state index in [-0.39, 0.29) is 18.1 Å². The fourth-order valence-electron chi connectivity index (χ4n) is 3.25. The third-order valence-corrected chi connectivity index (χ3v) is 4.31. The summed E-state index contributed by atoms with van der Waals surface area (Å²) >= 11 is 0. The molecule has 6 heteroatoms. The molecule has 3 rings (SSSR count). The van der Waals surface area contributed by atoms with Gasteiger partial charge in [0, 0.05) is 24.7 Å². The van der Waals surface area contributed by atoms with Crippen LogP contribution in [-0.4, -0.2) is 49.6 Å². The highest BCUT2D eigenvalue weighted by atomic mass is 16.3. The molecule has 2 unspecified atom stereocenters. The molecule has 1 aromatic carbocycles. The van der Waals surface area contributed by atoms with Gasteiger partial charge in [0.05, 0.1) is 11.6 Å². The number of carbonyl (C=O) groups is 1. The molecule has 1 N–H and O–H groups in total. The Morgan fingerprint density at radius 2 is 2.32 bits per heavy atom. The molecule has 0 aliphatic carbocycles. The van der Waals surface area contributed by atoms with Crippen LogP contribution in [0.2, 0.25) is 0 Å². The first-order valence-corrected chi connectivity index (χ1v) is 7.92. The van der Waals surface area contributed by atoms with E-state index in [1.54, 1.807) is 6.92 Å². The zero-order chi connectivity index (χ0) is 15.7. The largest absolute Gasteiger partial charge is 0.393 e. The summed E-state index contributed by atoms with van der Waals surface area (Å²) < 4.78 is 1.82. The Kier molecular flexibility index (Phi) is 4.11. The highest BCUT2D eigenvalue weighted by Gasteiger charge is 2.30. The van der Waals surface area contributed by atoms with Crippen LogP contribution in [0.3, 0.4) is 0 Å². The fourth-order valence-corrected chi connectivity index (χ4v) is 3.25. The maximum Gasteiger partial charge on any atom is 0.254 e. The second-order valence-electron chi connectivity index (χ2n) is 5.99. The standard InChI is InChI=1S/C16H22N4O2/c1-3-20-15-7-6-12(10-14(15)17-18-20)16(22)19-8-4-5-13(19)9-11(2)21/h6-7,10-11,13,21H,3-5,8-9H2,1-2H3. The van der Waals surface area contributed by atoms with Crippen LogP contribution in [0.1, 0.15) is 43.5 Å². The maximum atomic E-state index is 12.7. The van der Waals surface area contributed by atoms with E-state index in [0.717, 1.165) is 37.0 Å². The SMILES string of the molecule is CCn1nnc2cc(C(=O)N3CCCC3CC(C)O)ccc21. The number of rotatable bonds is 4. The molecule has 0 saturated carbocycles. The minimum atomic E-state index is -0.384. The highest BCUT2D eigenvalue weighted by Crippen LogP contribution is 2.24. The average Bonchev–Trinajstić information content (AvgIpc) is 3.11. The summed E-state index contributed by atoms with van der Waals surface area (Å²) in [6.45, 7) is 5.30. The Morgan fingerprint density at radius 1 is 1.50 bits per heavy atom. The van der Waals surface area contributed by atoms with E-state index in [2.05, 4.69) is 10.3 Å². The number of aryl methyl sites for hydroxylation is 1. The van der Waals surface area contributed by atoms with Crippen molar-refractivity contribution in [3.63, 3.8) is 0 Å². The molecule has 0 spiro atoms. The van der Waals surface area contributed by atoms with Crippen molar-refractivity contribution in [1.82, 2.24) is 19.9 Å². The smallest absolute Gasteiger partial charge is 0.254 e. The third kappa shape index (κ3) is 2.70. The van der Waals surface area contributed by atoms with Crippen LogP contribution >= 0.6 is 0 Å². The van der Waals surface area contributed by atoms with Gasteiger partial charge in [0.1, 0.15) is 5.52 Å². The van der Waals surface area contributed by atoms with Gasteiger partial charge in [-0.15, -0.1) is 5.10 Å². The van der Waals surface area contributed by atoms with Gasteiger partial charge >= 0.3 is 0 Å². The van der Waals surface area contributed by atoms with Crippen LogP contribution < -0.4 is 0 Å². The third-order valence-electron chi connectivity index (χ3n) is 4.31. The van der Waals surface area contributed by atoms with Crippen LogP contribution in [0.25, 0.3) is 11.0 Å². The number of likely N-dealkylation sites (tertiary alicyclic amines) is 1. The Hall–Kier alpha value is -1.95. The molecule has 0 bridgehead atoms. The number of carbonyl (C=O) groups excluding carboxylic acids is 1. The van der Waals surface area contributed by atoms with Crippen LogP contribution in [0.5, 0.6) is 0 Å². The monoisotopic (exact) mass is 302 g/mol. The summed E-state index contributed by atoms with van der Waals surface area (Å²) in [4.78, 5) is 14.6. The first-order valence-electron chi connectivity index (χ1n) is 7.92. The van der Waals surface area contributed by atoms with Gasteiger partial charge in [0.25, 0.3) is 5.91 Å². The minimum Gasteiger partial charge on any atom is -0.393 e. The van der Waals surface area contributed by atoms with E-state index in [1.807, 2.05) is 34.7 Å². The first kappa shape index (κ1) is 15.0. The van der Waals surface area contributed by atoms with Crippen LogP contribution in [0, 0.1) is 0 Å². The fraction of sp³-hybridized carbons (Fsp3) is 0.562. The Morgan fingerprint density at radius 3 is 3.05 bits per heavy atom. The average molecular weight is 302 g/mol. The molecule has 2 aromatic rings. The van der Waals surface area contributed by atoms with Gasteiger partial charge in [-0.05, 0) is 51.3 Å². The van der Waals surface area contributed by atoms with E-state index in [9.17, 15) is 9.90 Å². The maximum absolute atomic E-state index is 12.7. The molecule has 1 fully saturated rings. The van der Waals surface area contributed by atoms with E-state index in [0.29, 0.717) is 12.0 Å². The number of benzene rings is 1. The number of aliphatic hydroxyl groups excluding tert-OH is 1. The molecule has 2 heterocycles. The predicted molar refractivity (Wildman–Crippen MR) is 83.6 cm³/mol. The summed E-state index contributed by atoms with van der Waals surface area (Å²) in [5, 5.41) is 17.8. The Bertz CT molecular complexity index is 680. The van der Waals surface area contributed by atoms with Crippen LogP contribution in [0.4, 0.5) is 0 Å². The lowest BCUT2D eigenvalue weighted by Crippen LogP contribution is -2.37. The molecule has 1 aromatic heterocycles. The summed E-state index contributed by atoms with van der Waals surface area (Å²) in [5.41, 5.74) is 2.34. The lowest BCUT2D eigenvalue weighted by atomic mass is 10.1. The summed E-state index contributed by atoms with van der Waals surface area (Å²) in [7, 11) is 0. The van der Waals surface area contributed by atoms with Crippen LogP contribution in [-0.2, 0) is 6.54 Å². The van der Waals surface area contributed by atoms with Crippen molar-refractivity contribution in [3.05, 3.63) is 23.8 Å². The van der Waals surface area contributed by atoms with E-state index < -0.39 is 0 Å². The number of nitrogens with zero attached hydrogens (tertiary/aromatic N) is 4. The molecule has 1 saturated heterocycles. The molecule has 0 radical (unpaired) electrons. The predicted octanol–water partition coefficient (Wildman–Crippen LogP) is 1.83. The first-order chi connectivity index (χ1) is 10.6. The van der Waals surface area contributed by atoms with Crippen molar-refractivity contribution >= 4 is 16.9 Å². The molecule has 2 atom stereocenters. The molecular formula is C16H22N4O2. The second-order valence-corrected chi connectivity index (χ2v) is 5.99. The summed E-state index contributed by atoms with van der Waals surface area (Å²) in [6, 6.07) is 5.70. The zero-order valence-corrected chi connectivity index (χ0v) is 13.1. The van der Waals surface area contributed by atoms with Gasteiger partial charge < -0.3 is 10.0 Å². The molecule has 22 heavy (non-hydrogen) atoms. The Balaban J connectivity index is 1.85. The topological polar surface area (TPSA) is 71.2 Å². The Labute approximate surface area is 129 Å². The number of amides is 1. The number of aromatic nitrogens is 3. The van der Waals surface area contributed by atoms with Crippen molar-refractivity contribution in [2.24, 2.45) is 0 Å². The van der Waals surface area contributed by atoms with Gasteiger partial charge in [-0.3, -0.25) is 4.79 Å². The quantitative estimate of drug-likeness (QED) is 0.935. The van der Waals surface area contributed by atoms with Crippen molar-refractivity contribution in [2.45, 2.75) is 51.8 Å². The number of aliphatic hydroxyl groups is 1. The highest BCUT2D eigenvalue weighted by molar-refractivity contribution is 5.97. The second kappa shape index (κ2) is 6.04. The van der Waals surface area contributed by atoms with Gasteiger partial charge in [-0.1, -0.05) is 5.21 Å². The number of hydrogen-bond donors (Lipinski definition) is 1.